The number of anilines is 1. The molecule has 3 rings (SSSR count). The van der Waals surface area contributed by atoms with E-state index >= 15 is 0 Å². The molecule has 162 valence electrons. The average Bonchev–Trinajstić information content (AvgIpc) is 2.68. The highest BCUT2D eigenvalue weighted by Gasteiger charge is 2.34. The summed E-state index contributed by atoms with van der Waals surface area (Å²) >= 11 is 0. The van der Waals surface area contributed by atoms with Crippen molar-refractivity contribution in [3.63, 3.8) is 0 Å². The quantitative estimate of drug-likeness (QED) is 0.698. The first kappa shape index (κ1) is 22.2. The molecule has 0 saturated carbocycles. The molecule has 1 N–H and O–H groups in total. The van der Waals surface area contributed by atoms with Crippen LogP contribution in [0.1, 0.15) is 42.1 Å². The van der Waals surface area contributed by atoms with Gasteiger partial charge in [-0.25, -0.2) is 12.8 Å². The average molecular weight is 444 g/mol. The molecule has 1 heterocycles. The first-order chi connectivity index (χ1) is 14.0. The van der Waals surface area contributed by atoms with Crippen molar-refractivity contribution in [3.05, 3.63) is 59.4 Å². The summed E-state index contributed by atoms with van der Waals surface area (Å²) in [4.78, 5) is 12.2. The molecule has 2 aromatic rings. The Morgan fingerprint density at radius 3 is 2.50 bits per heavy atom. The molecular weight excluding hydrogens is 424 g/mol. The van der Waals surface area contributed by atoms with Crippen LogP contribution in [0.2, 0.25) is 0 Å². The Kier molecular flexibility index (Phi) is 6.19. The van der Waals surface area contributed by atoms with Crippen LogP contribution in [0.5, 0.6) is 0 Å². The van der Waals surface area contributed by atoms with Crippen molar-refractivity contribution in [1.82, 2.24) is 4.31 Å². The fraction of sp³-hybridized carbons (Fsp3) is 0.350. The van der Waals surface area contributed by atoms with Crippen LogP contribution in [-0.4, -0.2) is 31.2 Å². The number of para-hydroxylation sites is 1. The SMILES string of the molecule is C[C@@H]1CCCCN1S(=O)(=O)c1ccc(F)c(C(=O)Nc2ccccc2C(F)(F)F)c1. The van der Waals surface area contributed by atoms with Gasteiger partial charge < -0.3 is 5.32 Å². The van der Waals surface area contributed by atoms with Crippen LogP contribution in [0.25, 0.3) is 0 Å². The van der Waals surface area contributed by atoms with E-state index in [0.29, 0.717) is 19.4 Å². The van der Waals surface area contributed by atoms with E-state index in [1.54, 1.807) is 6.92 Å². The van der Waals surface area contributed by atoms with E-state index in [1.165, 1.54) is 10.4 Å². The second kappa shape index (κ2) is 8.35. The number of hydrogen-bond acceptors (Lipinski definition) is 3. The summed E-state index contributed by atoms with van der Waals surface area (Å²) in [5.41, 5.74) is -2.30. The smallest absolute Gasteiger partial charge is 0.321 e. The number of sulfonamides is 1. The topological polar surface area (TPSA) is 66.5 Å². The third-order valence-electron chi connectivity index (χ3n) is 5.01. The lowest BCUT2D eigenvalue weighted by Crippen LogP contribution is -2.42. The maximum absolute atomic E-state index is 14.3. The van der Waals surface area contributed by atoms with Gasteiger partial charge in [0.15, 0.2) is 0 Å². The van der Waals surface area contributed by atoms with Gasteiger partial charge in [-0.05, 0) is 50.1 Å². The third-order valence-corrected chi connectivity index (χ3v) is 7.02. The molecule has 0 spiro atoms. The fourth-order valence-electron chi connectivity index (χ4n) is 3.43. The summed E-state index contributed by atoms with van der Waals surface area (Å²) in [6.45, 7) is 2.07. The fourth-order valence-corrected chi connectivity index (χ4v) is 5.16. The van der Waals surface area contributed by atoms with Crippen molar-refractivity contribution < 1.29 is 30.8 Å². The van der Waals surface area contributed by atoms with Crippen molar-refractivity contribution in [2.24, 2.45) is 0 Å². The van der Waals surface area contributed by atoms with Gasteiger partial charge in [-0.2, -0.15) is 17.5 Å². The van der Waals surface area contributed by atoms with Crippen LogP contribution in [0, 0.1) is 5.82 Å². The Morgan fingerprint density at radius 1 is 1.13 bits per heavy atom. The molecule has 1 saturated heterocycles. The summed E-state index contributed by atoms with van der Waals surface area (Å²) in [6.07, 6.45) is -2.46. The van der Waals surface area contributed by atoms with E-state index in [-0.39, 0.29) is 10.9 Å². The van der Waals surface area contributed by atoms with Crippen LogP contribution in [-0.2, 0) is 16.2 Å². The van der Waals surface area contributed by atoms with Crippen LogP contribution in [0.4, 0.5) is 23.2 Å². The molecular formula is C20H20F4N2O3S. The highest BCUT2D eigenvalue weighted by atomic mass is 32.2. The van der Waals surface area contributed by atoms with Gasteiger partial charge in [0.05, 0.1) is 21.7 Å². The lowest BCUT2D eigenvalue weighted by atomic mass is 10.1. The van der Waals surface area contributed by atoms with Gasteiger partial charge in [0.1, 0.15) is 5.82 Å². The van der Waals surface area contributed by atoms with Gasteiger partial charge in [0.25, 0.3) is 5.91 Å². The molecule has 0 bridgehead atoms. The minimum Gasteiger partial charge on any atom is -0.321 e. The van der Waals surface area contributed by atoms with E-state index in [1.807, 2.05) is 5.32 Å². The lowest BCUT2D eigenvalue weighted by Gasteiger charge is -2.32. The number of piperidine rings is 1. The van der Waals surface area contributed by atoms with E-state index in [4.69, 9.17) is 0 Å². The molecule has 0 radical (unpaired) electrons. The van der Waals surface area contributed by atoms with Gasteiger partial charge in [0, 0.05) is 12.6 Å². The van der Waals surface area contributed by atoms with Gasteiger partial charge in [0.2, 0.25) is 10.0 Å². The van der Waals surface area contributed by atoms with Crippen LogP contribution >= 0.6 is 0 Å². The van der Waals surface area contributed by atoms with Gasteiger partial charge >= 0.3 is 6.18 Å². The highest BCUT2D eigenvalue weighted by molar-refractivity contribution is 7.89. The zero-order valence-corrected chi connectivity index (χ0v) is 16.9. The first-order valence-electron chi connectivity index (χ1n) is 9.31. The summed E-state index contributed by atoms with van der Waals surface area (Å²) in [5.74, 6) is -2.21. The molecule has 0 aromatic heterocycles. The van der Waals surface area contributed by atoms with Crippen molar-refractivity contribution in [3.8, 4) is 0 Å². The second-order valence-electron chi connectivity index (χ2n) is 7.10. The number of carbonyl (C=O) groups is 1. The van der Waals surface area contributed by atoms with E-state index < -0.39 is 44.7 Å². The van der Waals surface area contributed by atoms with Crippen LogP contribution < -0.4 is 5.32 Å². The summed E-state index contributed by atoms with van der Waals surface area (Å²) < 4.78 is 80.9. The molecule has 1 atom stereocenters. The van der Waals surface area contributed by atoms with Crippen molar-refractivity contribution in [2.75, 3.05) is 11.9 Å². The Hall–Kier alpha value is -2.46. The van der Waals surface area contributed by atoms with Crippen molar-refractivity contribution in [2.45, 2.75) is 43.3 Å². The Morgan fingerprint density at radius 2 is 1.83 bits per heavy atom. The van der Waals surface area contributed by atoms with E-state index in [9.17, 15) is 30.8 Å². The molecule has 0 aliphatic carbocycles. The van der Waals surface area contributed by atoms with E-state index in [2.05, 4.69) is 0 Å². The number of halogens is 4. The number of benzene rings is 2. The minimum atomic E-state index is -4.72. The molecule has 5 nitrogen and oxygen atoms in total. The molecule has 0 unspecified atom stereocenters. The molecule has 1 aliphatic rings. The van der Waals surface area contributed by atoms with Gasteiger partial charge in [-0.15, -0.1) is 0 Å². The van der Waals surface area contributed by atoms with E-state index in [0.717, 1.165) is 42.8 Å². The summed E-state index contributed by atoms with van der Waals surface area (Å²) in [6, 6.07) is 6.76. The summed E-state index contributed by atoms with van der Waals surface area (Å²) in [5, 5.41) is 2.03. The Labute approximate surface area is 171 Å². The molecule has 30 heavy (non-hydrogen) atoms. The van der Waals surface area contributed by atoms with Crippen LogP contribution in [0.3, 0.4) is 0 Å². The monoisotopic (exact) mass is 444 g/mol. The zero-order valence-electron chi connectivity index (χ0n) is 16.0. The third kappa shape index (κ3) is 4.49. The molecule has 1 fully saturated rings. The lowest BCUT2D eigenvalue weighted by molar-refractivity contribution is -0.136. The van der Waals surface area contributed by atoms with Gasteiger partial charge in [-0.1, -0.05) is 18.6 Å². The van der Waals surface area contributed by atoms with Crippen molar-refractivity contribution in [1.29, 1.82) is 0 Å². The molecule has 2 aromatic carbocycles. The van der Waals surface area contributed by atoms with Crippen LogP contribution in [0.15, 0.2) is 47.4 Å². The number of alkyl halides is 3. The number of carbonyl (C=O) groups excluding carboxylic acids is 1. The van der Waals surface area contributed by atoms with Crippen molar-refractivity contribution >= 4 is 21.6 Å². The largest absolute Gasteiger partial charge is 0.418 e. The summed E-state index contributed by atoms with van der Waals surface area (Å²) in [7, 11) is -3.98. The standard InChI is InChI=1S/C20H20F4N2O3S/c1-13-6-4-5-11-26(13)30(28,29)14-9-10-17(21)15(12-14)19(27)25-18-8-3-2-7-16(18)20(22,23)24/h2-3,7-10,12-13H,4-6,11H2,1H3,(H,25,27)/t13-/m1/s1. The maximum Gasteiger partial charge on any atom is 0.418 e. The molecule has 1 aliphatic heterocycles. The Bertz CT molecular complexity index is 1050. The normalized spacial score (nSPS) is 18.2. The predicted molar refractivity (Wildman–Crippen MR) is 103 cm³/mol. The maximum atomic E-state index is 14.3. The number of nitrogens with one attached hydrogen (secondary N) is 1. The number of hydrogen-bond donors (Lipinski definition) is 1. The number of amides is 1. The Balaban J connectivity index is 1.94. The molecule has 1 amide bonds. The zero-order chi connectivity index (χ0) is 22.1. The highest BCUT2D eigenvalue weighted by Crippen LogP contribution is 2.35. The number of rotatable bonds is 4. The second-order valence-corrected chi connectivity index (χ2v) is 8.99. The minimum absolute atomic E-state index is 0.246. The first-order valence-corrected chi connectivity index (χ1v) is 10.7. The van der Waals surface area contributed by atoms with Gasteiger partial charge in [-0.3, -0.25) is 4.79 Å². The number of nitrogens with zero attached hydrogens (tertiary/aromatic N) is 1. The predicted octanol–water partition coefficient (Wildman–Crippen LogP) is 4.66. The molecule has 10 heteroatoms.